The van der Waals surface area contributed by atoms with Crippen LogP contribution >= 0.6 is 0 Å². The minimum Gasteiger partial charge on any atom is -0.437 e. The number of para-hydroxylation sites is 1. The molecule has 13 nitrogen and oxygen atoms in total. The van der Waals surface area contributed by atoms with Crippen molar-refractivity contribution < 1.29 is 40.2 Å². The van der Waals surface area contributed by atoms with Gasteiger partial charge in [0.1, 0.15) is 0 Å². The second-order valence-corrected chi connectivity index (χ2v) is 11.4. The van der Waals surface area contributed by atoms with Crippen molar-refractivity contribution >= 4 is 26.4 Å². The fourth-order valence-corrected chi connectivity index (χ4v) is 5.38. The summed E-state index contributed by atoms with van der Waals surface area (Å²) in [5, 5.41) is 0. The number of benzene rings is 3. The first-order valence-electron chi connectivity index (χ1n) is 11.6. The maximum atomic E-state index is 13.8. The van der Waals surface area contributed by atoms with Gasteiger partial charge >= 0.3 is 11.8 Å². The van der Waals surface area contributed by atoms with Crippen LogP contribution in [0, 0.1) is 0 Å². The molecule has 0 radical (unpaired) electrons. The van der Waals surface area contributed by atoms with E-state index in [1.165, 1.54) is 12.1 Å². The predicted octanol–water partition coefficient (Wildman–Crippen LogP) is 2.28. The zero-order valence-corrected chi connectivity index (χ0v) is 22.8. The molecule has 0 aliphatic carbocycles. The minimum absolute atomic E-state index is 0.145. The van der Waals surface area contributed by atoms with Crippen LogP contribution in [-0.2, 0) is 37.9 Å². The van der Waals surface area contributed by atoms with E-state index in [4.69, 9.17) is 4.74 Å². The van der Waals surface area contributed by atoms with Gasteiger partial charge in [0.25, 0.3) is 25.8 Å². The fraction of sp³-hybridized carbons (Fsp3) is 0.115. The summed E-state index contributed by atoms with van der Waals surface area (Å²) in [4.78, 5) is 38.1. The summed E-state index contributed by atoms with van der Waals surface area (Å²) in [5.74, 6) is -0.567. The number of rotatable bonds is 8. The molecule has 0 amide bonds. The van der Waals surface area contributed by atoms with Crippen molar-refractivity contribution in [2.45, 2.75) is 22.8 Å². The fourth-order valence-electron chi connectivity index (χ4n) is 4.05. The molecular formula is C26H22N2O11S2. The van der Waals surface area contributed by atoms with E-state index in [2.05, 4.69) is 4.74 Å². The Hall–Kier alpha value is -4.57. The maximum absolute atomic E-state index is 13.8. The lowest BCUT2D eigenvalue weighted by Crippen LogP contribution is -2.42. The van der Waals surface area contributed by atoms with Crippen molar-refractivity contribution in [1.82, 2.24) is 9.13 Å². The van der Waals surface area contributed by atoms with Gasteiger partial charge in [-0.15, -0.1) is 0 Å². The Kier molecular flexibility index (Phi) is 8.25. The summed E-state index contributed by atoms with van der Waals surface area (Å²) in [7, 11) is -8.98. The van der Waals surface area contributed by atoms with Gasteiger partial charge in [-0.05, 0) is 35.4 Å². The zero-order valence-electron chi connectivity index (χ0n) is 21.2. The normalized spacial score (nSPS) is 11.7. The highest BCUT2D eigenvalue weighted by atomic mass is 32.2. The van der Waals surface area contributed by atoms with Crippen molar-refractivity contribution in [2.24, 2.45) is 0 Å². The Labute approximate surface area is 233 Å². The van der Waals surface area contributed by atoms with Crippen molar-refractivity contribution in [3.8, 4) is 11.6 Å². The summed E-state index contributed by atoms with van der Waals surface area (Å²) in [6.07, 6.45) is -1.96. The minimum atomic E-state index is -5.10. The molecule has 0 fully saturated rings. The molecule has 0 spiro atoms. The summed E-state index contributed by atoms with van der Waals surface area (Å²) < 4.78 is 78.5. The smallest absolute Gasteiger partial charge is 0.437 e. The summed E-state index contributed by atoms with van der Waals surface area (Å²) in [6.45, 7) is -0.195. The number of aromatic nitrogens is 2. The van der Waals surface area contributed by atoms with Crippen molar-refractivity contribution in [2.75, 3.05) is 7.11 Å². The van der Waals surface area contributed by atoms with Crippen LogP contribution < -0.4 is 16.0 Å². The van der Waals surface area contributed by atoms with E-state index in [1.807, 2.05) is 0 Å². The van der Waals surface area contributed by atoms with E-state index in [9.17, 15) is 40.3 Å². The summed E-state index contributed by atoms with van der Waals surface area (Å²) in [5.41, 5.74) is -1.89. The Morgan fingerprint density at radius 1 is 0.854 bits per heavy atom. The number of hydrogen-bond acceptors (Lipinski definition) is 9. The number of carbonyl (C=O) groups excluding carboxylic acids is 1. The SMILES string of the molecule is COC(=O)Oc1c(Cc2ccc(S(=O)(=O)O)cc2S(=O)(=O)O)c(=O)n(-c2ccccc2)c(=O)n1Cc1ccccc1. The second-order valence-electron chi connectivity index (χ2n) is 8.57. The van der Waals surface area contributed by atoms with Crippen molar-refractivity contribution in [3.63, 3.8) is 0 Å². The van der Waals surface area contributed by atoms with Crippen LogP contribution in [0.1, 0.15) is 16.7 Å². The molecule has 0 saturated heterocycles. The molecule has 2 N–H and O–H groups in total. The number of hydrogen-bond donors (Lipinski definition) is 2. The third-order valence-corrected chi connectivity index (χ3v) is 7.70. The molecule has 0 saturated carbocycles. The first kappa shape index (κ1) is 29.4. The van der Waals surface area contributed by atoms with E-state index < -0.39 is 65.3 Å². The number of nitrogens with zero attached hydrogens (tertiary/aromatic N) is 2. The lowest BCUT2D eigenvalue weighted by atomic mass is 10.1. The summed E-state index contributed by atoms with van der Waals surface area (Å²) >= 11 is 0. The molecule has 15 heteroatoms. The molecule has 1 heterocycles. The Balaban J connectivity index is 2.08. The standard InChI is InChI=1S/C26H22N2O11S2/c1-38-26(31)39-24-21(14-18-12-13-20(40(32,33)34)15-22(18)41(35,36)37)23(29)28(19-10-6-3-7-11-19)25(30)27(24)16-17-8-4-2-5-9-17/h2-13,15H,14,16H2,1H3,(H,32,33,34)(H,35,36,37). The highest BCUT2D eigenvalue weighted by Crippen LogP contribution is 2.26. The molecule has 0 aliphatic heterocycles. The predicted molar refractivity (Wildman–Crippen MR) is 144 cm³/mol. The van der Waals surface area contributed by atoms with Gasteiger partial charge in [0.15, 0.2) is 0 Å². The first-order chi connectivity index (χ1) is 19.3. The molecule has 0 atom stereocenters. The van der Waals surface area contributed by atoms with E-state index >= 15 is 0 Å². The van der Waals surface area contributed by atoms with E-state index in [-0.39, 0.29) is 17.8 Å². The van der Waals surface area contributed by atoms with Crippen LogP contribution in [-0.4, -0.2) is 48.3 Å². The van der Waals surface area contributed by atoms with Gasteiger partial charge in [-0.25, -0.2) is 14.2 Å². The lowest BCUT2D eigenvalue weighted by Gasteiger charge is -2.19. The average Bonchev–Trinajstić information content (AvgIpc) is 2.93. The average molecular weight is 603 g/mol. The van der Waals surface area contributed by atoms with Gasteiger partial charge < -0.3 is 9.47 Å². The Morgan fingerprint density at radius 2 is 1.46 bits per heavy atom. The van der Waals surface area contributed by atoms with Gasteiger partial charge in [0.2, 0.25) is 5.88 Å². The van der Waals surface area contributed by atoms with Gasteiger partial charge in [-0.1, -0.05) is 54.6 Å². The second kappa shape index (κ2) is 11.5. The van der Waals surface area contributed by atoms with E-state index in [0.717, 1.165) is 28.4 Å². The number of methoxy groups -OCH3 is 1. The molecule has 3 aromatic carbocycles. The molecule has 4 aromatic rings. The van der Waals surface area contributed by atoms with Gasteiger partial charge in [-0.3, -0.25) is 18.5 Å². The summed E-state index contributed by atoms with van der Waals surface area (Å²) in [6, 6.07) is 18.6. The molecule has 41 heavy (non-hydrogen) atoms. The maximum Gasteiger partial charge on any atom is 0.514 e. The largest absolute Gasteiger partial charge is 0.514 e. The Bertz CT molecular complexity index is 1950. The topological polar surface area (TPSA) is 188 Å². The third kappa shape index (κ3) is 6.44. The van der Waals surface area contributed by atoms with Crippen molar-refractivity contribution in [1.29, 1.82) is 0 Å². The monoisotopic (exact) mass is 602 g/mol. The van der Waals surface area contributed by atoms with Crippen LogP contribution in [0.2, 0.25) is 0 Å². The number of ether oxygens (including phenoxy) is 2. The third-order valence-electron chi connectivity index (χ3n) is 5.91. The van der Waals surface area contributed by atoms with Gasteiger partial charge in [0.05, 0.1) is 34.7 Å². The van der Waals surface area contributed by atoms with Crippen LogP contribution in [0.5, 0.6) is 5.88 Å². The van der Waals surface area contributed by atoms with Crippen LogP contribution in [0.25, 0.3) is 5.69 Å². The van der Waals surface area contributed by atoms with E-state index in [1.54, 1.807) is 48.5 Å². The molecule has 0 bridgehead atoms. The quantitative estimate of drug-likeness (QED) is 0.222. The van der Waals surface area contributed by atoms with Gasteiger partial charge in [0, 0.05) is 6.42 Å². The molecule has 0 unspecified atom stereocenters. The number of carbonyl (C=O) groups is 1. The highest BCUT2D eigenvalue weighted by Gasteiger charge is 2.27. The lowest BCUT2D eigenvalue weighted by molar-refractivity contribution is 0.117. The van der Waals surface area contributed by atoms with Crippen LogP contribution in [0.3, 0.4) is 0 Å². The first-order valence-corrected chi connectivity index (χ1v) is 14.5. The Morgan fingerprint density at radius 3 is 2.02 bits per heavy atom. The molecular weight excluding hydrogens is 580 g/mol. The van der Waals surface area contributed by atoms with Crippen LogP contribution in [0.15, 0.2) is 98.2 Å². The zero-order chi connectivity index (χ0) is 29.9. The van der Waals surface area contributed by atoms with Crippen molar-refractivity contribution in [3.05, 3.63) is 116 Å². The van der Waals surface area contributed by atoms with Crippen LogP contribution in [0.4, 0.5) is 4.79 Å². The van der Waals surface area contributed by atoms with E-state index in [0.29, 0.717) is 11.6 Å². The highest BCUT2D eigenvalue weighted by molar-refractivity contribution is 7.86. The molecule has 214 valence electrons. The molecule has 0 aliphatic rings. The molecule has 1 aromatic heterocycles. The van der Waals surface area contributed by atoms with Gasteiger partial charge in [-0.2, -0.15) is 16.8 Å². The molecule has 4 rings (SSSR count).